The molecule has 3 amide bonds. The molecule has 0 saturated carbocycles. The highest BCUT2D eigenvalue weighted by molar-refractivity contribution is 6.06. The van der Waals surface area contributed by atoms with Crippen LogP contribution in [0.15, 0.2) is 67.1 Å². The standard InChI is InChI=1S/C25H26N6O3/c32-21(10-9-18-6-2-1-3-7-18)31-16-11-19(12-17-31)29-25(34)22-23(28-15-14-27-22)30-24(33)20-8-4-5-13-26-20/h1-8,13-15,19H,9-12,16-17H2,(H,29,34)(H,28,30,33). The lowest BCUT2D eigenvalue weighted by Crippen LogP contribution is -2.46. The largest absolute Gasteiger partial charge is 0.348 e. The summed E-state index contributed by atoms with van der Waals surface area (Å²) in [6.07, 6.45) is 6.81. The summed E-state index contributed by atoms with van der Waals surface area (Å²) < 4.78 is 0. The van der Waals surface area contributed by atoms with Crippen molar-refractivity contribution in [2.75, 3.05) is 18.4 Å². The highest BCUT2D eigenvalue weighted by Gasteiger charge is 2.26. The third-order valence-electron chi connectivity index (χ3n) is 5.70. The number of aryl methyl sites for hydroxylation is 1. The van der Waals surface area contributed by atoms with Gasteiger partial charge in [0.05, 0.1) is 0 Å². The van der Waals surface area contributed by atoms with Gasteiger partial charge in [0.1, 0.15) is 5.69 Å². The maximum atomic E-state index is 12.9. The summed E-state index contributed by atoms with van der Waals surface area (Å²) in [6, 6.07) is 14.8. The average molecular weight is 459 g/mol. The maximum Gasteiger partial charge on any atom is 0.275 e. The van der Waals surface area contributed by atoms with Crippen molar-refractivity contribution in [2.45, 2.75) is 31.7 Å². The molecule has 174 valence electrons. The van der Waals surface area contributed by atoms with Crippen LogP contribution in [0.4, 0.5) is 5.82 Å². The predicted molar refractivity (Wildman–Crippen MR) is 126 cm³/mol. The maximum absolute atomic E-state index is 12.9. The monoisotopic (exact) mass is 458 g/mol. The van der Waals surface area contributed by atoms with Gasteiger partial charge in [-0.2, -0.15) is 0 Å². The molecule has 0 unspecified atom stereocenters. The first kappa shape index (κ1) is 23.0. The van der Waals surface area contributed by atoms with E-state index in [4.69, 9.17) is 0 Å². The number of likely N-dealkylation sites (tertiary alicyclic amines) is 1. The van der Waals surface area contributed by atoms with Crippen molar-refractivity contribution in [1.29, 1.82) is 0 Å². The third-order valence-corrected chi connectivity index (χ3v) is 5.70. The number of anilines is 1. The first-order valence-corrected chi connectivity index (χ1v) is 11.3. The van der Waals surface area contributed by atoms with E-state index < -0.39 is 11.8 Å². The summed E-state index contributed by atoms with van der Waals surface area (Å²) in [6.45, 7) is 1.17. The van der Waals surface area contributed by atoms with Gasteiger partial charge in [0.25, 0.3) is 11.8 Å². The van der Waals surface area contributed by atoms with E-state index in [2.05, 4.69) is 25.6 Å². The Kier molecular flexibility index (Phi) is 7.54. The van der Waals surface area contributed by atoms with Gasteiger partial charge in [-0.15, -0.1) is 0 Å². The van der Waals surface area contributed by atoms with Gasteiger partial charge in [0.15, 0.2) is 11.5 Å². The predicted octanol–water partition coefficient (Wildman–Crippen LogP) is 2.48. The van der Waals surface area contributed by atoms with E-state index in [0.717, 1.165) is 12.0 Å². The van der Waals surface area contributed by atoms with Crippen molar-refractivity contribution in [2.24, 2.45) is 0 Å². The number of hydrogen-bond acceptors (Lipinski definition) is 6. The van der Waals surface area contributed by atoms with E-state index in [-0.39, 0.29) is 29.2 Å². The molecule has 2 aromatic heterocycles. The van der Waals surface area contributed by atoms with E-state index in [1.165, 1.54) is 18.6 Å². The Morgan fingerprint density at radius 1 is 0.853 bits per heavy atom. The van der Waals surface area contributed by atoms with Crippen LogP contribution in [-0.4, -0.2) is 56.7 Å². The zero-order valence-corrected chi connectivity index (χ0v) is 18.7. The first-order valence-electron chi connectivity index (χ1n) is 11.3. The highest BCUT2D eigenvalue weighted by atomic mass is 16.2. The molecule has 34 heavy (non-hydrogen) atoms. The van der Waals surface area contributed by atoms with Crippen LogP contribution in [0.5, 0.6) is 0 Å². The fourth-order valence-electron chi connectivity index (χ4n) is 3.85. The van der Waals surface area contributed by atoms with Crippen LogP contribution in [0.2, 0.25) is 0 Å². The third kappa shape index (κ3) is 6.00. The number of amides is 3. The lowest BCUT2D eigenvalue weighted by atomic mass is 10.0. The molecule has 2 N–H and O–H groups in total. The molecule has 4 rings (SSSR count). The molecule has 9 heteroatoms. The molecule has 1 aliphatic heterocycles. The van der Waals surface area contributed by atoms with Crippen LogP contribution < -0.4 is 10.6 Å². The van der Waals surface area contributed by atoms with Crippen LogP contribution in [0.1, 0.15) is 45.8 Å². The van der Waals surface area contributed by atoms with E-state index in [9.17, 15) is 14.4 Å². The number of piperidine rings is 1. The molecule has 1 fully saturated rings. The molecular formula is C25H26N6O3. The van der Waals surface area contributed by atoms with Crippen molar-refractivity contribution in [3.8, 4) is 0 Å². The fourth-order valence-corrected chi connectivity index (χ4v) is 3.85. The number of pyridine rings is 1. The van der Waals surface area contributed by atoms with Crippen molar-refractivity contribution < 1.29 is 14.4 Å². The Balaban J connectivity index is 1.29. The minimum Gasteiger partial charge on any atom is -0.348 e. The van der Waals surface area contributed by atoms with Gasteiger partial charge in [-0.25, -0.2) is 9.97 Å². The van der Waals surface area contributed by atoms with Gasteiger partial charge in [-0.1, -0.05) is 36.4 Å². The van der Waals surface area contributed by atoms with Crippen LogP contribution in [0.3, 0.4) is 0 Å². The Labute approximate surface area is 197 Å². The van der Waals surface area contributed by atoms with E-state index in [1.54, 1.807) is 18.2 Å². The number of aromatic nitrogens is 3. The lowest BCUT2D eigenvalue weighted by molar-refractivity contribution is -0.132. The van der Waals surface area contributed by atoms with E-state index >= 15 is 0 Å². The summed E-state index contributed by atoms with van der Waals surface area (Å²) >= 11 is 0. The Bertz CT molecular complexity index is 1130. The number of hydrogen-bond donors (Lipinski definition) is 2. The zero-order chi connectivity index (χ0) is 23.8. The van der Waals surface area contributed by atoms with Crippen molar-refractivity contribution in [1.82, 2.24) is 25.2 Å². The topological polar surface area (TPSA) is 117 Å². The van der Waals surface area contributed by atoms with Gasteiger partial charge in [0.2, 0.25) is 5.91 Å². The van der Waals surface area contributed by atoms with Gasteiger partial charge in [0, 0.05) is 44.1 Å². The average Bonchev–Trinajstić information content (AvgIpc) is 2.89. The summed E-state index contributed by atoms with van der Waals surface area (Å²) in [4.78, 5) is 51.9. The van der Waals surface area contributed by atoms with Crippen molar-refractivity contribution >= 4 is 23.5 Å². The van der Waals surface area contributed by atoms with Crippen molar-refractivity contribution in [3.63, 3.8) is 0 Å². The number of carbonyl (C=O) groups excluding carboxylic acids is 3. The molecule has 1 saturated heterocycles. The first-order chi connectivity index (χ1) is 16.6. The molecule has 0 bridgehead atoms. The molecule has 3 heterocycles. The van der Waals surface area contributed by atoms with E-state index in [0.29, 0.717) is 32.4 Å². The zero-order valence-electron chi connectivity index (χ0n) is 18.7. The molecular weight excluding hydrogens is 432 g/mol. The smallest absolute Gasteiger partial charge is 0.275 e. The molecule has 1 aromatic carbocycles. The quantitative estimate of drug-likeness (QED) is 0.562. The lowest BCUT2D eigenvalue weighted by Gasteiger charge is -2.32. The second-order valence-corrected chi connectivity index (χ2v) is 8.04. The van der Waals surface area contributed by atoms with Gasteiger partial charge >= 0.3 is 0 Å². The molecule has 1 aliphatic rings. The minimum absolute atomic E-state index is 0.0353. The summed E-state index contributed by atoms with van der Waals surface area (Å²) in [5.74, 6) is -0.693. The van der Waals surface area contributed by atoms with Crippen LogP contribution in [-0.2, 0) is 11.2 Å². The molecule has 0 aliphatic carbocycles. The van der Waals surface area contributed by atoms with Gasteiger partial charge in [-0.05, 0) is 37.0 Å². The number of rotatable bonds is 7. The van der Waals surface area contributed by atoms with Crippen molar-refractivity contribution in [3.05, 3.63) is 84.1 Å². The Hall–Kier alpha value is -4.14. The molecule has 9 nitrogen and oxygen atoms in total. The number of benzene rings is 1. The normalized spacial score (nSPS) is 13.8. The second-order valence-electron chi connectivity index (χ2n) is 8.04. The number of nitrogens with one attached hydrogen (secondary N) is 2. The number of nitrogens with zero attached hydrogens (tertiary/aromatic N) is 4. The fraction of sp³-hybridized carbons (Fsp3) is 0.280. The van der Waals surface area contributed by atoms with Gasteiger partial charge < -0.3 is 15.5 Å². The molecule has 0 spiro atoms. The minimum atomic E-state index is -0.475. The second kappa shape index (κ2) is 11.1. The Morgan fingerprint density at radius 2 is 1.59 bits per heavy atom. The van der Waals surface area contributed by atoms with Crippen LogP contribution in [0.25, 0.3) is 0 Å². The van der Waals surface area contributed by atoms with Gasteiger partial charge in [-0.3, -0.25) is 19.4 Å². The highest BCUT2D eigenvalue weighted by Crippen LogP contribution is 2.15. The van der Waals surface area contributed by atoms with E-state index in [1.807, 2.05) is 35.2 Å². The molecule has 3 aromatic rings. The summed E-state index contributed by atoms with van der Waals surface area (Å²) in [5, 5.41) is 5.57. The van der Waals surface area contributed by atoms with Crippen LogP contribution >= 0.6 is 0 Å². The van der Waals surface area contributed by atoms with Crippen LogP contribution in [0, 0.1) is 0 Å². The molecule has 0 radical (unpaired) electrons. The SMILES string of the molecule is O=C(Nc1nccnc1C(=O)NC1CCN(C(=O)CCc2ccccc2)CC1)c1ccccn1. The number of carbonyl (C=O) groups is 3. The Morgan fingerprint density at radius 3 is 2.32 bits per heavy atom. The summed E-state index contributed by atoms with van der Waals surface area (Å²) in [5.41, 5.74) is 1.39. The molecule has 0 atom stereocenters. The summed E-state index contributed by atoms with van der Waals surface area (Å²) in [7, 11) is 0.